The van der Waals surface area contributed by atoms with Crippen molar-refractivity contribution in [1.29, 1.82) is 0 Å². The van der Waals surface area contributed by atoms with E-state index in [0.717, 1.165) is 16.7 Å². The number of alkyl carbamates (subject to hydrolysis) is 1. The van der Waals surface area contributed by atoms with Crippen LogP contribution in [0.4, 0.5) is 4.79 Å². The molecule has 1 aromatic rings. The van der Waals surface area contributed by atoms with Crippen molar-refractivity contribution in [2.24, 2.45) is 0 Å². The van der Waals surface area contributed by atoms with Crippen molar-refractivity contribution < 1.29 is 19.1 Å². The van der Waals surface area contributed by atoms with Crippen LogP contribution in [0.2, 0.25) is 0 Å². The van der Waals surface area contributed by atoms with Crippen LogP contribution in [0, 0.1) is 13.8 Å². The van der Waals surface area contributed by atoms with Gasteiger partial charge in [-0.05, 0) is 99.3 Å². The quantitative estimate of drug-likeness (QED) is 0.568. The normalized spacial score (nSPS) is 14.1. The fraction of sp³-hybridized carbons (Fsp3) is 0.667. The molecule has 0 aliphatic heterocycles. The van der Waals surface area contributed by atoms with Gasteiger partial charge in [0.2, 0.25) is 11.8 Å². The van der Waals surface area contributed by atoms with Crippen LogP contribution in [0.25, 0.3) is 0 Å². The third-order valence-electron chi connectivity index (χ3n) is 5.80. The molecule has 0 spiro atoms. The molecule has 7 heteroatoms. The number of ether oxygens (including phenoxy) is 1. The fourth-order valence-corrected chi connectivity index (χ4v) is 3.61. The molecule has 0 heterocycles. The van der Waals surface area contributed by atoms with Gasteiger partial charge in [-0.1, -0.05) is 25.1 Å². The molecular formula is C27H45N3O4. The van der Waals surface area contributed by atoms with Gasteiger partial charge in [-0.25, -0.2) is 4.79 Å². The van der Waals surface area contributed by atoms with Gasteiger partial charge in [0, 0.05) is 11.1 Å². The molecule has 0 aliphatic carbocycles. The zero-order chi connectivity index (χ0) is 26.6. The second-order valence-corrected chi connectivity index (χ2v) is 11.7. The first-order valence-electron chi connectivity index (χ1n) is 12.0. The van der Waals surface area contributed by atoms with Crippen LogP contribution < -0.4 is 10.6 Å². The maximum atomic E-state index is 13.9. The number of hydrogen-bond acceptors (Lipinski definition) is 4. The van der Waals surface area contributed by atoms with E-state index in [4.69, 9.17) is 4.74 Å². The number of nitrogens with one attached hydrogen (secondary N) is 2. The second kappa shape index (κ2) is 10.8. The fourth-order valence-electron chi connectivity index (χ4n) is 3.61. The molecule has 2 unspecified atom stereocenters. The van der Waals surface area contributed by atoms with E-state index in [0.29, 0.717) is 6.42 Å². The molecule has 1 aromatic carbocycles. The molecule has 3 amide bonds. The summed E-state index contributed by atoms with van der Waals surface area (Å²) in [5, 5.41) is 5.71. The van der Waals surface area contributed by atoms with Crippen molar-refractivity contribution in [3.8, 4) is 0 Å². The van der Waals surface area contributed by atoms with E-state index in [1.807, 2.05) is 73.6 Å². The summed E-state index contributed by atoms with van der Waals surface area (Å²) in [6.45, 7) is 22.4. The minimum absolute atomic E-state index is 0.263. The summed E-state index contributed by atoms with van der Waals surface area (Å²) < 4.78 is 5.34. The monoisotopic (exact) mass is 475 g/mol. The summed E-state index contributed by atoms with van der Waals surface area (Å²) in [5.74, 6) is -0.617. The SMILES string of the molecule is CCC(C)(C)N(C(=O)C(C)NC(=O)OC(C)(C)C)C(C(=O)NC(C)(C)C)c1cccc(C)c1C. The van der Waals surface area contributed by atoms with Crippen molar-refractivity contribution >= 4 is 17.9 Å². The van der Waals surface area contributed by atoms with E-state index in [9.17, 15) is 14.4 Å². The Morgan fingerprint density at radius 3 is 2.03 bits per heavy atom. The van der Waals surface area contributed by atoms with Crippen LogP contribution in [0.3, 0.4) is 0 Å². The lowest BCUT2D eigenvalue weighted by atomic mass is 9.89. The second-order valence-electron chi connectivity index (χ2n) is 11.7. The molecular weight excluding hydrogens is 430 g/mol. The summed E-state index contributed by atoms with van der Waals surface area (Å²) >= 11 is 0. The number of benzene rings is 1. The third-order valence-corrected chi connectivity index (χ3v) is 5.80. The van der Waals surface area contributed by atoms with Gasteiger partial charge < -0.3 is 20.3 Å². The zero-order valence-electron chi connectivity index (χ0n) is 23.2. The number of carbonyl (C=O) groups excluding carboxylic acids is 3. The summed E-state index contributed by atoms with van der Waals surface area (Å²) in [6, 6.07) is 4.02. The number of carbonyl (C=O) groups is 3. The van der Waals surface area contributed by atoms with Gasteiger partial charge in [0.15, 0.2) is 0 Å². The predicted octanol–water partition coefficient (Wildman–Crippen LogP) is 5.19. The molecule has 0 saturated carbocycles. The molecule has 1 rings (SSSR count). The lowest BCUT2D eigenvalue weighted by molar-refractivity contribution is -0.149. The van der Waals surface area contributed by atoms with Crippen LogP contribution in [0.15, 0.2) is 18.2 Å². The van der Waals surface area contributed by atoms with Crippen molar-refractivity contribution in [2.75, 3.05) is 0 Å². The Labute approximate surface area is 206 Å². The van der Waals surface area contributed by atoms with Crippen LogP contribution in [0.5, 0.6) is 0 Å². The van der Waals surface area contributed by atoms with E-state index < -0.39 is 34.9 Å². The standard InChI is InChI=1S/C27H45N3O4/c1-13-27(11,12)30(23(32)19(4)28-24(33)34-26(8,9)10)21(22(31)29-25(5,6)7)20-16-14-15-17(2)18(20)3/h14-16,19,21H,13H2,1-12H3,(H,28,33)(H,29,31). The van der Waals surface area contributed by atoms with Crippen LogP contribution in [-0.4, -0.2) is 45.5 Å². The summed E-state index contributed by atoms with van der Waals surface area (Å²) in [6.07, 6.45) is -0.0627. The first-order chi connectivity index (χ1) is 15.3. The Bertz CT molecular complexity index is 894. The number of rotatable bonds is 7. The topological polar surface area (TPSA) is 87.7 Å². The predicted molar refractivity (Wildman–Crippen MR) is 137 cm³/mol. The molecule has 7 nitrogen and oxygen atoms in total. The minimum Gasteiger partial charge on any atom is -0.444 e. The van der Waals surface area contributed by atoms with Crippen molar-refractivity contribution in [3.63, 3.8) is 0 Å². The van der Waals surface area contributed by atoms with Crippen molar-refractivity contribution in [3.05, 3.63) is 34.9 Å². The molecule has 2 N–H and O–H groups in total. The van der Waals surface area contributed by atoms with Crippen LogP contribution in [0.1, 0.15) is 98.4 Å². The molecule has 2 atom stereocenters. The van der Waals surface area contributed by atoms with E-state index in [-0.39, 0.29) is 11.8 Å². The molecule has 0 radical (unpaired) electrons. The van der Waals surface area contributed by atoms with Crippen LogP contribution in [-0.2, 0) is 14.3 Å². The maximum absolute atomic E-state index is 13.9. The summed E-state index contributed by atoms with van der Waals surface area (Å²) in [7, 11) is 0. The van der Waals surface area contributed by atoms with Gasteiger partial charge in [-0.2, -0.15) is 0 Å². The Kier molecular flexibility index (Phi) is 9.35. The minimum atomic E-state index is -0.893. The number of nitrogens with zero attached hydrogens (tertiary/aromatic N) is 1. The van der Waals surface area contributed by atoms with Gasteiger partial charge in [0.25, 0.3) is 0 Å². The van der Waals surface area contributed by atoms with Crippen LogP contribution >= 0.6 is 0 Å². The Morgan fingerprint density at radius 2 is 1.56 bits per heavy atom. The maximum Gasteiger partial charge on any atom is 0.408 e. The highest BCUT2D eigenvalue weighted by atomic mass is 16.6. The number of aryl methyl sites for hydroxylation is 1. The third kappa shape index (κ3) is 8.03. The lowest BCUT2D eigenvalue weighted by Gasteiger charge is -2.45. The number of amides is 3. The van der Waals surface area contributed by atoms with Gasteiger partial charge in [-0.3, -0.25) is 9.59 Å². The Hall–Kier alpha value is -2.57. The van der Waals surface area contributed by atoms with Crippen molar-refractivity contribution in [1.82, 2.24) is 15.5 Å². The molecule has 192 valence electrons. The molecule has 0 fully saturated rings. The average Bonchev–Trinajstić information content (AvgIpc) is 2.64. The summed E-state index contributed by atoms with van der Waals surface area (Å²) in [5.41, 5.74) is 0.904. The van der Waals surface area contributed by atoms with Crippen molar-refractivity contribution in [2.45, 2.75) is 118 Å². The smallest absolute Gasteiger partial charge is 0.408 e. The van der Waals surface area contributed by atoms with E-state index in [1.165, 1.54) is 0 Å². The highest BCUT2D eigenvalue weighted by Crippen LogP contribution is 2.34. The summed E-state index contributed by atoms with van der Waals surface area (Å²) in [4.78, 5) is 41.7. The first-order valence-corrected chi connectivity index (χ1v) is 12.0. The van der Waals surface area contributed by atoms with Gasteiger partial charge in [-0.15, -0.1) is 0 Å². The molecule has 0 aromatic heterocycles. The highest BCUT2D eigenvalue weighted by molar-refractivity contribution is 5.93. The number of hydrogen-bond donors (Lipinski definition) is 2. The van der Waals surface area contributed by atoms with Gasteiger partial charge in [0.05, 0.1) is 0 Å². The largest absolute Gasteiger partial charge is 0.444 e. The first kappa shape index (κ1) is 29.5. The molecule has 0 saturated heterocycles. The molecule has 34 heavy (non-hydrogen) atoms. The Balaban J connectivity index is 3.60. The van der Waals surface area contributed by atoms with Gasteiger partial charge >= 0.3 is 6.09 Å². The highest BCUT2D eigenvalue weighted by Gasteiger charge is 2.43. The zero-order valence-corrected chi connectivity index (χ0v) is 23.2. The molecule has 0 bridgehead atoms. The molecule has 0 aliphatic rings. The van der Waals surface area contributed by atoms with E-state index in [2.05, 4.69) is 10.6 Å². The lowest BCUT2D eigenvalue weighted by Crippen LogP contribution is -2.59. The average molecular weight is 476 g/mol. The Morgan fingerprint density at radius 1 is 1.00 bits per heavy atom. The van der Waals surface area contributed by atoms with E-state index in [1.54, 1.807) is 32.6 Å². The van der Waals surface area contributed by atoms with E-state index >= 15 is 0 Å². The van der Waals surface area contributed by atoms with Gasteiger partial charge in [0.1, 0.15) is 17.7 Å².